The zero-order valence-electron chi connectivity index (χ0n) is 20.4. The number of unbranched alkanes of at least 4 members (excludes halogenated alkanes) is 4. The molecule has 2 aromatic carbocycles. The molecule has 1 aromatic heterocycles. The van der Waals surface area contributed by atoms with Gasteiger partial charge < -0.3 is 24.9 Å². The summed E-state index contributed by atoms with van der Waals surface area (Å²) in [6.07, 6.45) is 8.51. The summed E-state index contributed by atoms with van der Waals surface area (Å²) in [6.45, 7) is 8.00. The maximum Gasteiger partial charge on any atom is 0.119 e. The molecular formula is C28H40N2O3. The van der Waals surface area contributed by atoms with Crippen LogP contribution in [0.15, 0.2) is 54.7 Å². The van der Waals surface area contributed by atoms with Crippen LogP contribution in [0.1, 0.15) is 58.4 Å². The predicted molar refractivity (Wildman–Crippen MR) is 136 cm³/mol. The number of aliphatic hydroxyl groups excluding tert-OH is 1. The van der Waals surface area contributed by atoms with E-state index < -0.39 is 6.10 Å². The zero-order chi connectivity index (χ0) is 23.5. The molecule has 0 amide bonds. The maximum absolute atomic E-state index is 10.4. The summed E-state index contributed by atoms with van der Waals surface area (Å²) < 4.78 is 11.6. The van der Waals surface area contributed by atoms with Crippen LogP contribution in [0.25, 0.3) is 10.9 Å². The third kappa shape index (κ3) is 8.41. The molecule has 3 aromatic rings. The lowest BCUT2D eigenvalue weighted by molar-refractivity contribution is 0.0988. The second-order valence-corrected chi connectivity index (χ2v) is 9.50. The van der Waals surface area contributed by atoms with Crippen LogP contribution in [0.4, 0.5) is 0 Å². The minimum atomic E-state index is -0.591. The fraction of sp³-hybridized carbons (Fsp3) is 0.500. The molecule has 5 heteroatoms. The molecule has 1 heterocycles. The van der Waals surface area contributed by atoms with Crippen LogP contribution < -0.4 is 14.8 Å². The highest BCUT2D eigenvalue weighted by Gasteiger charge is 2.21. The Morgan fingerprint density at radius 3 is 2.39 bits per heavy atom. The number of benzene rings is 2. The first kappa shape index (κ1) is 25.1. The molecule has 5 nitrogen and oxygen atoms in total. The first-order valence-electron chi connectivity index (χ1n) is 12.3. The van der Waals surface area contributed by atoms with Crippen LogP contribution in [0.2, 0.25) is 0 Å². The summed E-state index contributed by atoms with van der Waals surface area (Å²) in [4.78, 5) is 3.33. The molecule has 3 rings (SSSR count). The van der Waals surface area contributed by atoms with E-state index in [0.29, 0.717) is 6.54 Å². The number of rotatable bonds is 15. The van der Waals surface area contributed by atoms with E-state index in [1.807, 2.05) is 30.3 Å². The molecule has 0 spiro atoms. The van der Waals surface area contributed by atoms with E-state index in [2.05, 4.69) is 55.5 Å². The SMILES string of the molecule is CCCCCCCOc1ccc(OCC(O)CNC(C)(C)Cc2c[nH]c3ccccc23)cc1. The van der Waals surface area contributed by atoms with Gasteiger partial charge in [0.15, 0.2) is 0 Å². The van der Waals surface area contributed by atoms with E-state index in [0.717, 1.165) is 36.5 Å². The fourth-order valence-electron chi connectivity index (χ4n) is 3.99. The fourth-order valence-corrected chi connectivity index (χ4v) is 3.99. The van der Waals surface area contributed by atoms with Crippen molar-refractivity contribution >= 4 is 10.9 Å². The smallest absolute Gasteiger partial charge is 0.119 e. The van der Waals surface area contributed by atoms with Gasteiger partial charge in [-0.25, -0.2) is 0 Å². The van der Waals surface area contributed by atoms with Crippen LogP contribution >= 0.6 is 0 Å². The Bertz CT molecular complexity index is 949. The zero-order valence-corrected chi connectivity index (χ0v) is 20.4. The van der Waals surface area contributed by atoms with Crippen molar-refractivity contribution in [2.45, 2.75) is 70.9 Å². The standard InChI is InChI=1S/C28H40N2O3/c1-4-5-6-7-10-17-32-24-13-15-25(16-14-24)33-21-23(31)20-30-28(2,3)18-22-19-29-27-12-9-8-11-26(22)27/h8-9,11-16,19,23,29-31H,4-7,10,17-18,20-21H2,1-3H3. The number of aromatic amines is 1. The number of aromatic nitrogens is 1. The largest absolute Gasteiger partial charge is 0.494 e. The van der Waals surface area contributed by atoms with E-state index in [1.165, 1.54) is 36.6 Å². The average molecular weight is 453 g/mol. The van der Waals surface area contributed by atoms with Gasteiger partial charge in [-0.2, -0.15) is 0 Å². The molecule has 33 heavy (non-hydrogen) atoms. The van der Waals surface area contributed by atoms with Crippen molar-refractivity contribution in [1.29, 1.82) is 0 Å². The second kappa shape index (κ2) is 12.7. The molecular weight excluding hydrogens is 412 g/mol. The van der Waals surface area contributed by atoms with Crippen LogP contribution in [-0.4, -0.2) is 41.5 Å². The summed E-state index contributed by atoms with van der Waals surface area (Å²) in [5.74, 6) is 1.60. The van der Waals surface area contributed by atoms with E-state index in [9.17, 15) is 5.11 Å². The number of ether oxygens (including phenoxy) is 2. The van der Waals surface area contributed by atoms with Gasteiger partial charge in [-0.05, 0) is 62.6 Å². The number of aliphatic hydroxyl groups is 1. The number of hydrogen-bond acceptors (Lipinski definition) is 4. The van der Waals surface area contributed by atoms with Crippen LogP contribution in [0, 0.1) is 0 Å². The molecule has 180 valence electrons. The first-order chi connectivity index (χ1) is 16.0. The molecule has 1 atom stereocenters. The average Bonchev–Trinajstić information content (AvgIpc) is 3.21. The van der Waals surface area contributed by atoms with Gasteiger partial charge in [-0.15, -0.1) is 0 Å². The van der Waals surface area contributed by atoms with Crippen molar-refractivity contribution < 1.29 is 14.6 Å². The highest BCUT2D eigenvalue weighted by Crippen LogP contribution is 2.22. The summed E-state index contributed by atoms with van der Waals surface area (Å²) in [7, 11) is 0. The van der Waals surface area contributed by atoms with Gasteiger partial charge in [0.2, 0.25) is 0 Å². The summed E-state index contributed by atoms with van der Waals surface area (Å²) in [5, 5.41) is 15.1. The van der Waals surface area contributed by atoms with Gasteiger partial charge in [0.05, 0.1) is 6.61 Å². The highest BCUT2D eigenvalue weighted by atomic mass is 16.5. The minimum Gasteiger partial charge on any atom is -0.494 e. The summed E-state index contributed by atoms with van der Waals surface area (Å²) in [6, 6.07) is 16.0. The lowest BCUT2D eigenvalue weighted by Crippen LogP contribution is -2.46. The van der Waals surface area contributed by atoms with Crippen molar-refractivity contribution in [3.63, 3.8) is 0 Å². The Hall–Kier alpha value is -2.50. The Labute approximate surface area is 198 Å². The molecule has 0 bridgehead atoms. The van der Waals surface area contributed by atoms with Crippen molar-refractivity contribution in [3.8, 4) is 11.5 Å². The highest BCUT2D eigenvalue weighted by molar-refractivity contribution is 5.83. The van der Waals surface area contributed by atoms with E-state index in [1.54, 1.807) is 0 Å². The minimum absolute atomic E-state index is 0.151. The topological polar surface area (TPSA) is 66.5 Å². The summed E-state index contributed by atoms with van der Waals surface area (Å²) >= 11 is 0. The van der Waals surface area contributed by atoms with Gasteiger partial charge in [-0.1, -0.05) is 50.8 Å². The Balaban J connectivity index is 1.36. The third-order valence-electron chi connectivity index (χ3n) is 5.91. The normalized spacial score (nSPS) is 12.7. The van der Waals surface area contributed by atoms with Gasteiger partial charge in [0.1, 0.15) is 24.2 Å². The van der Waals surface area contributed by atoms with E-state index >= 15 is 0 Å². The number of hydrogen-bond donors (Lipinski definition) is 3. The first-order valence-corrected chi connectivity index (χ1v) is 12.3. The molecule has 1 unspecified atom stereocenters. The van der Waals surface area contributed by atoms with Crippen molar-refractivity contribution in [2.24, 2.45) is 0 Å². The van der Waals surface area contributed by atoms with E-state index in [-0.39, 0.29) is 12.1 Å². The van der Waals surface area contributed by atoms with Gasteiger partial charge in [0, 0.05) is 29.2 Å². The van der Waals surface area contributed by atoms with Gasteiger partial charge in [-0.3, -0.25) is 0 Å². The number of H-pyrrole nitrogens is 1. The van der Waals surface area contributed by atoms with Gasteiger partial charge in [0.25, 0.3) is 0 Å². The Kier molecular flexibility index (Phi) is 9.64. The number of β-amino-alcohol motifs (C(OH)–C–C–N with tert-alkyl or cyclic N) is 1. The van der Waals surface area contributed by atoms with Crippen LogP contribution in [0.3, 0.4) is 0 Å². The molecule has 0 saturated carbocycles. The molecule has 0 aliphatic heterocycles. The predicted octanol–water partition coefficient (Wildman–Crippen LogP) is 5.87. The van der Waals surface area contributed by atoms with Crippen molar-refractivity contribution in [3.05, 3.63) is 60.3 Å². The molecule has 3 N–H and O–H groups in total. The van der Waals surface area contributed by atoms with Crippen LogP contribution in [0.5, 0.6) is 11.5 Å². The molecule has 0 aliphatic carbocycles. The lowest BCUT2D eigenvalue weighted by atomic mass is 9.94. The Morgan fingerprint density at radius 2 is 1.64 bits per heavy atom. The monoisotopic (exact) mass is 452 g/mol. The molecule has 0 aliphatic rings. The molecule has 0 saturated heterocycles. The maximum atomic E-state index is 10.4. The number of fused-ring (bicyclic) bond motifs is 1. The summed E-state index contributed by atoms with van der Waals surface area (Å²) in [5.41, 5.74) is 2.28. The Morgan fingerprint density at radius 1 is 0.939 bits per heavy atom. The quantitative estimate of drug-likeness (QED) is 0.252. The van der Waals surface area contributed by atoms with Crippen molar-refractivity contribution in [2.75, 3.05) is 19.8 Å². The molecule has 0 radical (unpaired) electrons. The van der Waals surface area contributed by atoms with Gasteiger partial charge >= 0.3 is 0 Å². The lowest BCUT2D eigenvalue weighted by Gasteiger charge is -2.28. The van der Waals surface area contributed by atoms with E-state index in [4.69, 9.17) is 9.47 Å². The third-order valence-corrected chi connectivity index (χ3v) is 5.91. The van der Waals surface area contributed by atoms with Crippen molar-refractivity contribution in [1.82, 2.24) is 10.3 Å². The van der Waals surface area contributed by atoms with Crippen LogP contribution in [-0.2, 0) is 6.42 Å². The molecule has 0 fully saturated rings. The number of nitrogens with one attached hydrogen (secondary N) is 2. The second-order valence-electron chi connectivity index (χ2n) is 9.50. The number of para-hydroxylation sites is 1.